The highest BCUT2D eigenvalue weighted by Crippen LogP contribution is 2.39. The van der Waals surface area contributed by atoms with Gasteiger partial charge in [0.25, 0.3) is 10.1 Å². The van der Waals surface area contributed by atoms with Gasteiger partial charge in [0, 0.05) is 56.7 Å². The van der Waals surface area contributed by atoms with Gasteiger partial charge in [0.15, 0.2) is 11.5 Å². The maximum absolute atomic E-state index is 15.4. The minimum atomic E-state index is -3.90. The molecular weight excluding hydrogens is 820 g/mol. The summed E-state index contributed by atoms with van der Waals surface area (Å²) < 4.78 is 90.2. The van der Waals surface area contributed by atoms with Crippen molar-refractivity contribution in [2.75, 3.05) is 62.5 Å². The lowest BCUT2D eigenvalue weighted by molar-refractivity contribution is -0.133. The molecule has 7 heterocycles. The van der Waals surface area contributed by atoms with Crippen LogP contribution in [0.5, 0.6) is 0 Å². The number of aryl methyl sites for hydroxylation is 1. The third-order valence-electron chi connectivity index (χ3n) is 11.4. The molecule has 3 aliphatic rings. The lowest BCUT2D eigenvalue weighted by Crippen LogP contribution is -2.52. The van der Waals surface area contributed by atoms with Gasteiger partial charge in [-0.1, -0.05) is 0 Å². The number of carbonyl (C=O) groups is 1. The number of hydrogen-bond acceptors (Lipinski definition) is 14. The second kappa shape index (κ2) is 15.6. The van der Waals surface area contributed by atoms with Crippen molar-refractivity contribution in [3.05, 3.63) is 77.9 Å². The summed E-state index contributed by atoms with van der Waals surface area (Å²) >= 11 is 0. The minimum absolute atomic E-state index is 0.00766. The highest BCUT2D eigenvalue weighted by molar-refractivity contribution is 7.86. The smallest absolute Gasteiger partial charge is 0.267 e. The molecule has 0 radical (unpaired) electrons. The van der Waals surface area contributed by atoms with Crippen LogP contribution in [-0.4, -0.2) is 129 Å². The zero-order valence-corrected chi connectivity index (χ0v) is 34.5. The number of rotatable bonds is 9. The molecule has 4 aromatic heterocycles. The number of nitrogens with zero attached hydrogens (tertiary/aromatic N) is 10. The molecule has 2 fully saturated rings. The van der Waals surface area contributed by atoms with E-state index in [1.54, 1.807) is 24.2 Å². The van der Waals surface area contributed by atoms with Gasteiger partial charge in [0.1, 0.15) is 46.2 Å². The SMILES string of the molecule is CCO[C@H]1CN(C)C(=O)[C@@H]2C[C@@H](CN2c2nc(C3(COS(=O)(=O)CC)COC3)nc3c2cnn3-c2ccc(F)cc2F)Nc2nccc(n2)-c2cc(F)cc3nc(C)n(c23)C1. The van der Waals surface area contributed by atoms with Gasteiger partial charge in [-0.15, -0.1) is 0 Å². The van der Waals surface area contributed by atoms with E-state index in [-0.39, 0.29) is 86.5 Å². The molecule has 3 aliphatic heterocycles. The zero-order chi connectivity index (χ0) is 42.8. The van der Waals surface area contributed by atoms with Gasteiger partial charge in [0.05, 0.1) is 66.5 Å². The topological polar surface area (TPSA) is 185 Å². The van der Waals surface area contributed by atoms with Crippen LogP contribution in [0.4, 0.5) is 24.9 Å². The first-order valence-corrected chi connectivity index (χ1v) is 21.4. The summed E-state index contributed by atoms with van der Waals surface area (Å²) in [5.74, 6) is -1.46. The number of carbonyl (C=O) groups excluding carboxylic acids is 1. The molecule has 2 aromatic carbocycles. The Kier molecular flexibility index (Phi) is 10.4. The number of aromatic nitrogens is 8. The Bertz CT molecular complexity index is 2800. The average molecular weight is 862 g/mol. The maximum atomic E-state index is 15.4. The Morgan fingerprint density at radius 3 is 2.56 bits per heavy atom. The third-order valence-corrected chi connectivity index (χ3v) is 12.6. The van der Waals surface area contributed by atoms with Crippen LogP contribution in [0.25, 0.3) is 39.0 Å². The quantitative estimate of drug-likeness (QED) is 0.206. The Hall–Kier alpha value is -5.77. The van der Waals surface area contributed by atoms with E-state index >= 15 is 8.78 Å². The number of imidazole rings is 1. The van der Waals surface area contributed by atoms with Crippen LogP contribution in [0.3, 0.4) is 0 Å². The number of benzene rings is 2. The first-order chi connectivity index (χ1) is 29.3. The number of hydrogen-bond donors (Lipinski definition) is 1. The van der Waals surface area contributed by atoms with Crippen molar-refractivity contribution in [1.29, 1.82) is 0 Å². The summed E-state index contributed by atoms with van der Waals surface area (Å²) in [5.41, 5.74) is 0.959. The van der Waals surface area contributed by atoms with E-state index < -0.39 is 51.2 Å². The van der Waals surface area contributed by atoms with Crippen molar-refractivity contribution in [3.63, 3.8) is 0 Å². The van der Waals surface area contributed by atoms with Crippen LogP contribution in [0, 0.1) is 24.4 Å². The van der Waals surface area contributed by atoms with E-state index in [1.807, 2.05) is 23.3 Å². The fourth-order valence-electron chi connectivity index (χ4n) is 8.28. The summed E-state index contributed by atoms with van der Waals surface area (Å²) in [4.78, 5) is 42.1. The first kappa shape index (κ1) is 40.6. The molecule has 1 N–H and O–H groups in total. The van der Waals surface area contributed by atoms with Gasteiger partial charge < -0.3 is 29.2 Å². The van der Waals surface area contributed by atoms with Gasteiger partial charge in [-0.2, -0.15) is 13.5 Å². The number of fused-ring (bicyclic) bond motifs is 6. The van der Waals surface area contributed by atoms with Crippen LogP contribution >= 0.6 is 0 Å². The molecule has 1 amide bonds. The molecule has 9 rings (SSSR count). The van der Waals surface area contributed by atoms with E-state index in [0.29, 0.717) is 40.1 Å². The number of halogens is 3. The summed E-state index contributed by atoms with van der Waals surface area (Å²) in [6.07, 6.45) is 2.75. The number of nitrogens with one attached hydrogen (secondary N) is 1. The van der Waals surface area contributed by atoms with E-state index in [9.17, 15) is 17.6 Å². The van der Waals surface area contributed by atoms with Gasteiger partial charge in [0.2, 0.25) is 11.9 Å². The van der Waals surface area contributed by atoms with Crippen LogP contribution in [0.1, 0.15) is 31.9 Å². The molecule has 6 aromatic rings. The third kappa shape index (κ3) is 7.42. The van der Waals surface area contributed by atoms with Crippen molar-refractivity contribution in [1.82, 2.24) is 44.2 Å². The van der Waals surface area contributed by atoms with Crippen LogP contribution in [0.15, 0.2) is 48.8 Å². The molecule has 2 saturated heterocycles. The van der Waals surface area contributed by atoms with Gasteiger partial charge in [-0.25, -0.2) is 42.8 Å². The molecule has 0 unspecified atom stereocenters. The van der Waals surface area contributed by atoms with E-state index in [0.717, 1.165) is 12.1 Å². The molecule has 21 heteroatoms. The van der Waals surface area contributed by atoms with Crippen LogP contribution in [-0.2, 0) is 40.5 Å². The number of likely N-dealkylation sites (N-methyl/N-ethyl adjacent to an activating group) is 1. The Labute approximate surface area is 348 Å². The summed E-state index contributed by atoms with van der Waals surface area (Å²) in [6.45, 7) is 5.82. The predicted molar refractivity (Wildman–Crippen MR) is 216 cm³/mol. The van der Waals surface area contributed by atoms with E-state index in [1.165, 1.54) is 36.0 Å². The lowest BCUT2D eigenvalue weighted by atomic mass is 9.86. The summed E-state index contributed by atoms with van der Waals surface area (Å²) in [7, 11) is -2.20. The highest BCUT2D eigenvalue weighted by atomic mass is 32.2. The van der Waals surface area contributed by atoms with Crippen molar-refractivity contribution < 1.29 is 40.0 Å². The largest absolute Gasteiger partial charge is 0.379 e. The fraction of sp³-hybridized carbons (Fsp3) is 0.425. The minimum Gasteiger partial charge on any atom is -0.379 e. The standard InChI is InChI=1S/C40H42F3N11O6S/c1-5-59-26-17-51(4)37(55)33-14-25(47-39-44-10-9-30(48-39)27-11-24(42)13-31-34(27)52(18-26)22(3)46-31)16-53(33)35-28-15-45-54(32-8-7-23(41)12-29(32)43)36(28)50-38(49-35)40(19-58-20-40)21-60-61(56,57)6-2/h7-13,15,25-26,33H,5-6,14,16-21H2,1-4H3,(H,44,47,48)/t25-,26-,33-/m0/s1. The van der Waals surface area contributed by atoms with E-state index in [4.69, 9.17) is 28.6 Å². The van der Waals surface area contributed by atoms with Gasteiger partial charge >= 0.3 is 0 Å². The number of ether oxygens (including phenoxy) is 2. The lowest BCUT2D eigenvalue weighted by Gasteiger charge is -2.39. The van der Waals surface area contributed by atoms with Crippen molar-refractivity contribution in [2.45, 2.75) is 57.3 Å². The molecule has 17 nitrogen and oxygen atoms in total. The van der Waals surface area contributed by atoms with Gasteiger partial charge in [-0.3, -0.25) is 8.98 Å². The number of amides is 1. The fourth-order valence-corrected chi connectivity index (χ4v) is 8.85. The number of anilines is 2. The molecular formula is C40H42F3N11O6S. The second-order valence-electron chi connectivity index (χ2n) is 15.5. The Morgan fingerprint density at radius 2 is 1.82 bits per heavy atom. The predicted octanol–water partition coefficient (Wildman–Crippen LogP) is 3.92. The summed E-state index contributed by atoms with van der Waals surface area (Å²) in [5, 5.41) is 8.20. The molecule has 4 bridgehead atoms. The van der Waals surface area contributed by atoms with Gasteiger partial charge in [-0.05, 0) is 51.5 Å². The molecule has 320 valence electrons. The molecule has 3 atom stereocenters. The highest BCUT2D eigenvalue weighted by Gasteiger charge is 2.47. The normalized spacial score (nSPS) is 20.4. The maximum Gasteiger partial charge on any atom is 0.267 e. The molecule has 0 aliphatic carbocycles. The Balaban J connectivity index is 1.19. The van der Waals surface area contributed by atoms with E-state index in [2.05, 4.69) is 20.4 Å². The van der Waals surface area contributed by atoms with Crippen molar-refractivity contribution in [2.24, 2.45) is 0 Å². The van der Waals surface area contributed by atoms with Crippen LogP contribution < -0.4 is 10.2 Å². The average Bonchev–Trinajstić information content (AvgIpc) is 3.91. The molecule has 0 saturated carbocycles. The zero-order valence-electron chi connectivity index (χ0n) is 33.7. The summed E-state index contributed by atoms with van der Waals surface area (Å²) in [6, 6.07) is 6.24. The molecule has 61 heavy (non-hydrogen) atoms. The first-order valence-electron chi connectivity index (χ1n) is 19.8. The monoisotopic (exact) mass is 861 g/mol. The van der Waals surface area contributed by atoms with Crippen LogP contribution in [0.2, 0.25) is 0 Å². The van der Waals surface area contributed by atoms with Crippen molar-refractivity contribution >= 4 is 49.9 Å². The second-order valence-corrected chi connectivity index (χ2v) is 17.5. The Morgan fingerprint density at radius 1 is 1.00 bits per heavy atom. The van der Waals surface area contributed by atoms with Crippen molar-refractivity contribution in [3.8, 4) is 16.9 Å². The molecule has 0 spiro atoms.